The predicted octanol–water partition coefficient (Wildman–Crippen LogP) is 2.65. The molecule has 152 valence electrons. The zero-order valence-electron chi connectivity index (χ0n) is 16.0. The van der Waals surface area contributed by atoms with Crippen LogP contribution in [0.2, 0.25) is 0 Å². The predicted molar refractivity (Wildman–Crippen MR) is 109 cm³/mol. The van der Waals surface area contributed by atoms with Crippen LogP contribution in [-0.4, -0.2) is 55.4 Å². The minimum absolute atomic E-state index is 0.270. The lowest BCUT2D eigenvalue weighted by molar-refractivity contribution is 0.0730. The molecule has 0 radical (unpaired) electrons. The Balaban J connectivity index is 1.32. The molecule has 0 atom stereocenters. The summed E-state index contributed by atoms with van der Waals surface area (Å²) >= 11 is 0. The van der Waals surface area contributed by atoms with Crippen LogP contribution in [0.25, 0.3) is 11.3 Å². The fourth-order valence-electron chi connectivity index (χ4n) is 3.15. The fourth-order valence-corrected chi connectivity index (χ4v) is 4.56. The maximum atomic E-state index is 12.6. The molecule has 0 amide bonds. The van der Waals surface area contributed by atoms with Crippen molar-refractivity contribution in [1.29, 1.82) is 0 Å². The van der Waals surface area contributed by atoms with Crippen LogP contribution >= 0.6 is 0 Å². The molecule has 1 fully saturated rings. The molecule has 0 saturated carbocycles. The van der Waals surface area contributed by atoms with E-state index in [2.05, 4.69) is 5.10 Å². The molecule has 0 unspecified atom stereocenters. The largest absolute Gasteiger partial charge is 0.492 e. The molecule has 0 aliphatic carbocycles. The van der Waals surface area contributed by atoms with Gasteiger partial charge in [-0.3, -0.25) is 4.68 Å². The summed E-state index contributed by atoms with van der Waals surface area (Å²) in [5, 5.41) is 4.55. The van der Waals surface area contributed by atoms with Crippen LogP contribution in [0.15, 0.2) is 71.8 Å². The third-order valence-corrected chi connectivity index (χ3v) is 6.64. The second kappa shape index (κ2) is 8.77. The zero-order chi connectivity index (χ0) is 20.1. The first-order valence-electron chi connectivity index (χ1n) is 9.52. The minimum atomic E-state index is -3.48. The summed E-state index contributed by atoms with van der Waals surface area (Å²) in [5.41, 5.74) is 1.99. The first-order chi connectivity index (χ1) is 14.1. The van der Waals surface area contributed by atoms with E-state index in [4.69, 9.17) is 9.47 Å². The van der Waals surface area contributed by atoms with Gasteiger partial charge in [0.25, 0.3) is 0 Å². The van der Waals surface area contributed by atoms with Crippen LogP contribution < -0.4 is 4.74 Å². The number of morpholine rings is 1. The summed E-state index contributed by atoms with van der Waals surface area (Å²) in [6.07, 6.45) is 1.92. The van der Waals surface area contributed by atoms with E-state index in [1.165, 1.54) is 4.31 Å². The number of sulfonamides is 1. The average molecular weight is 413 g/mol. The lowest BCUT2D eigenvalue weighted by atomic mass is 10.2. The molecule has 1 saturated heterocycles. The monoisotopic (exact) mass is 413 g/mol. The van der Waals surface area contributed by atoms with Gasteiger partial charge in [-0.1, -0.05) is 30.3 Å². The molecule has 2 aromatic carbocycles. The minimum Gasteiger partial charge on any atom is -0.492 e. The SMILES string of the molecule is O=S(=O)(c1ccc(OCCn2ccc(-c3ccccc3)n2)cc1)N1CCOCC1. The molecule has 1 aromatic heterocycles. The van der Waals surface area contributed by atoms with Gasteiger partial charge in [0.05, 0.1) is 30.3 Å². The lowest BCUT2D eigenvalue weighted by Crippen LogP contribution is -2.40. The van der Waals surface area contributed by atoms with Gasteiger partial charge in [0.15, 0.2) is 0 Å². The highest BCUT2D eigenvalue weighted by atomic mass is 32.2. The quantitative estimate of drug-likeness (QED) is 0.595. The van der Waals surface area contributed by atoms with Gasteiger partial charge in [-0.2, -0.15) is 9.40 Å². The molecule has 0 spiro atoms. The summed E-state index contributed by atoms with van der Waals surface area (Å²) in [6, 6.07) is 18.5. The van der Waals surface area contributed by atoms with Crippen molar-refractivity contribution in [3.63, 3.8) is 0 Å². The number of benzene rings is 2. The number of aromatic nitrogens is 2. The van der Waals surface area contributed by atoms with Crippen molar-refractivity contribution in [3.05, 3.63) is 66.9 Å². The van der Waals surface area contributed by atoms with E-state index in [1.54, 1.807) is 24.3 Å². The lowest BCUT2D eigenvalue weighted by Gasteiger charge is -2.26. The highest BCUT2D eigenvalue weighted by molar-refractivity contribution is 7.89. The van der Waals surface area contributed by atoms with Gasteiger partial charge < -0.3 is 9.47 Å². The molecule has 1 aliphatic rings. The third-order valence-electron chi connectivity index (χ3n) is 4.73. The summed E-state index contributed by atoms with van der Waals surface area (Å²) < 4.78 is 39.5. The van der Waals surface area contributed by atoms with Gasteiger partial charge in [0, 0.05) is 24.8 Å². The fraction of sp³-hybridized carbons (Fsp3) is 0.286. The van der Waals surface area contributed by atoms with Crippen molar-refractivity contribution in [2.45, 2.75) is 11.4 Å². The molecule has 2 heterocycles. The van der Waals surface area contributed by atoms with E-state index in [1.807, 2.05) is 47.3 Å². The molecule has 7 nitrogen and oxygen atoms in total. The second-order valence-electron chi connectivity index (χ2n) is 6.67. The van der Waals surface area contributed by atoms with Gasteiger partial charge in [0.1, 0.15) is 12.4 Å². The second-order valence-corrected chi connectivity index (χ2v) is 8.60. The van der Waals surface area contributed by atoms with E-state index in [0.29, 0.717) is 45.2 Å². The molecular formula is C21H23N3O4S. The Morgan fingerprint density at radius 3 is 2.41 bits per heavy atom. The van der Waals surface area contributed by atoms with E-state index in [9.17, 15) is 8.42 Å². The van der Waals surface area contributed by atoms with Gasteiger partial charge in [-0.25, -0.2) is 8.42 Å². The Bertz CT molecular complexity index is 1030. The Labute approximate surface area is 170 Å². The molecule has 8 heteroatoms. The van der Waals surface area contributed by atoms with Gasteiger partial charge in [-0.05, 0) is 30.3 Å². The zero-order valence-corrected chi connectivity index (χ0v) is 16.8. The van der Waals surface area contributed by atoms with Crippen LogP contribution in [0.3, 0.4) is 0 Å². The number of nitrogens with zero attached hydrogens (tertiary/aromatic N) is 3. The number of rotatable bonds is 7. The van der Waals surface area contributed by atoms with E-state index >= 15 is 0 Å². The van der Waals surface area contributed by atoms with E-state index < -0.39 is 10.0 Å². The Kier molecular flexibility index (Phi) is 5.94. The van der Waals surface area contributed by atoms with Crippen molar-refractivity contribution in [2.24, 2.45) is 0 Å². The van der Waals surface area contributed by atoms with E-state index in [-0.39, 0.29) is 4.90 Å². The van der Waals surface area contributed by atoms with Gasteiger partial charge in [0.2, 0.25) is 10.0 Å². The normalized spacial score (nSPS) is 15.3. The Morgan fingerprint density at radius 1 is 0.966 bits per heavy atom. The number of hydrogen-bond acceptors (Lipinski definition) is 5. The average Bonchev–Trinajstić information content (AvgIpc) is 3.24. The van der Waals surface area contributed by atoms with Crippen molar-refractivity contribution < 1.29 is 17.9 Å². The molecule has 3 aromatic rings. The summed E-state index contributed by atoms with van der Waals surface area (Å²) in [7, 11) is -3.48. The van der Waals surface area contributed by atoms with Crippen LogP contribution in [0.1, 0.15) is 0 Å². The molecular weight excluding hydrogens is 390 g/mol. The maximum absolute atomic E-state index is 12.6. The molecule has 29 heavy (non-hydrogen) atoms. The summed E-state index contributed by atoms with van der Waals surface area (Å²) in [5.74, 6) is 0.626. The van der Waals surface area contributed by atoms with Gasteiger partial charge in [-0.15, -0.1) is 0 Å². The van der Waals surface area contributed by atoms with Gasteiger partial charge >= 0.3 is 0 Å². The first-order valence-corrected chi connectivity index (χ1v) is 11.0. The van der Waals surface area contributed by atoms with Crippen molar-refractivity contribution in [3.8, 4) is 17.0 Å². The topological polar surface area (TPSA) is 73.7 Å². The molecule has 0 bridgehead atoms. The highest BCUT2D eigenvalue weighted by Gasteiger charge is 2.26. The standard InChI is InChI=1S/C21H23N3O4S/c25-29(26,24-13-15-27-16-14-24)20-8-6-19(7-9-20)28-17-12-23-11-10-21(22-23)18-4-2-1-3-5-18/h1-11H,12-17H2. The third kappa shape index (κ3) is 4.67. The van der Waals surface area contributed by atoms with Crippen LogP contribution in [-0.2, 0) is 21.3 Å². The first kappa shape index (κ1) is 19.6. The van der Waals surface area contributed by atoms with Crippen LogP contribution in [0.4, 0.5) is 0 Å². The number of ether oxygens (including phenoxy) is 2. The van der Waals surface area contributed by atoms with Crippen molar-refractivity contribution >= 4 is 10.0 Å². The molecule has 1 aliphatic heterocycles. The Hall–Kier alpha value is -2.68. The van der Waals surface area contributed by atoms with Crippen LogP contribution in [0, 0.1) is 0 Å². The highest BCUT2D eigenvalue weighted by Crippen LogP contribution is 2.21. The molecule has 0 N–H and O–H groups in total. The maximum Gasteiger partial charge on any atom is 0.243 e. The van der Waals surface area contributed by atoms with Crippen molar-refractivity contribution in [1.82, 2.24) is 14.1 Å². The van der Waals surface area contributed by atoms with Crippen LogP contribution in [0.5, 0.6) is 5.75 Å². The Morgan fingerprint density at radius 2 is 1.69 bits per heavy atom. The number of hydrogen-bond donors (Lipinski definition) is 0. The smallest absolute Gasteiger partial charge is 0.243 e. The summed E-state index contributed by atoms with van der Waals surface area (Å²) in [4.78, 5) is 0.270. The van der Waals surface area contributed by atoms with E-state index in [0.717, 1.165) is 11.3 Å². The summed E-state index contributed by atoms with van der Waals surface area (Å²) in [6.45, 7) is 2.66. The van der Waals surface area contributed by atoms with Crippen molar-refractivity contribution in [2.75, 3.05) is 32.9 Å². The molecule has 4 rings (SSSR count).